The van der Waals surface area contributed by atoms with Gasteiger partial charge in [0.1, 0.15) is 5.56 Å². The second-order valence-electron chi connectivity index (χ2n) is 3.86. The second-order valence-corrected chi connectivity index (χ2v) is 3.86. The van der Waals surface area contributed by atoms with Gasteiger partial charge in [-0.3, -0.25) is 0 Å². The maximum Gasteiger partial charge on any atom is 0.341 e. The highest BCUT2D eigenvalue weighted by atomic mass is 16.5. The first-order valence-electron chi connectivity index (χ1n) is 5.10. The van der Waals surface area contributed by atoms with Crippen LogP contribution >= 0.6 is 0 Å². The predicted octanol–water partition coefficient (Wildman–Crippen LogP) is 1.15. The van der Waals surface area contributed by atoms with Crippen LogP contribution in [0.2, 0.25) is 0 Å². The van der Waals surface area contributed by atoms with Gasteiger partial charge in [-0.25, -0.2) is 4.79 Å². The van der Waals surface area contributed by atoms with Crippen LogP contribution in [0.25, 0.3) is 0 Å². The van der Waals surface area contributed by atoms with Gasteiger partial charge < -0.3 is 14.9 Å². The summed E-state index contributed by atoms with van der Waals surface area (Å²) in [5.41, 5.74) is 0.701. The van der Waals surface area contributed by atoms with Crippen molar-refractivity contribution in [2.75, 3.05) is 13.1 Å². The molecule has 0 aliphatic carbocycles. The number of aryl methyl sites for hydroxylation is 1. The lowest BCUT2D eigenvalue weighted by Gasteiger charge is -2.20. The number of carboxylic acid groups (broad SMARTS) is 1. The van der Waals surface area contributed by atoms with Gasteiger partial charge in [0, 0.05) is 12.5 Å². The number of piperidine rings is 1. The summed E-state index contributed by atoms with van der Waals surface area (Å²) >= 11 is 0. The van der Waals surface area contributed by atoms with Crippen molar-refractivity contribution < 1.29 is 14.4 Å². The quantitative estimate of drug-likeness (QED) is 0.765. The van der Waals surface area contributed by atoms with Crippen LogP contribution in [0.4, 0.5) is 0 Å². The molecule has 1 fully saturated rings. The normalized spacial score (nSPS) is 21.5. The van der Waals surface area contributed by atoms with Crippen molar-refractivity contribution in [2.45, 2.75) is 25.7 Å². The largest absolute Gasteiger partial charge is 0.477 e. The molecule has 2 heterocycles. The molecule has 1 aliphatic heterocycles. The molecule has 1 saturated heterocycles. The molecule has 1 aromatic rings. The van der Waals surface area contributed by atoms with Crippen molar-refractivity contribution in [2.24, 2.45) is 0 Å². The average Bonchev–Trinajstić information content (AvgIpc) is 2.61. The number of hydrogen-bond donors (Lipinski definition) is 2. The predicted molar refractivity (Wildman–Crippen MR) is 53.0 cm³/mol. The molecular formula is C10H14N2O3. The van der Waals surface area contributed by atoms with E-state index >= 15 is 0 Å². The first-order valence-corrected chi connectivity index (χ1v) is 5.10. The Morgan fingerprint density at radius 3 is 3.07 bits per heavy atom. The number of rotatable bonds is 2. The Kier molecular flexibility index (Phi) is 2.73. The molecule has 0 bridgehead atoms. The molecule has 5 heteroatoms. The fraction of sp³-hybridized carbons (Fsp3) is 0.600. The van der Waals surface area contributed by atoms with E-state index in [9.17, 15) is 4.79 Å². The molecule has 2 N–H and O–H groups in total. The van der Waals surface area contributed by atoms with Gasteiger partial charge >= 0.3 is 5.97 Å². The number of nitrogens with one attached hydrogen (secondary N) is 1. The fourth-order valence-electron chi connectivity index (χ4n) is 2.00. The summed E-state index contributed by atoms with van der Waals surface area (Å²) in [6, 6.07) is 0. The van der Waals surface area contributed by atoms with E-state index in [4.69, 9.17) is 9.63 Å². The van der Waals surface area contributed by atoms with Gasteiger partial charge in [0.25, 0.3) is 0 Å². The van der Waals surface area contributed by atoms with Crippen LogP contribution in [0.1, 0.15) is 40.6 Å². The zero-order chi connectivity index (χ0) is 10.8. The SMILES string of the molecule is Cc1noc(C2CCCNC2)c1C(=O)O. The third kappa shape index (κ3) is 1.87. The Hall–Kier alpha value is -1.36. The number of aromatic carboxylic acids is 1. The number of aromatic nitrogens is 1. The number of nitrogens with zero attached hydrogens (tertiary/aromatic N) is 1. The summed E-state index contributed by atoms with van der Waals surface area (Å²) in [7, 11) is 0. The summed E-state index contributed by atoms with van der Waals surface area (Å²) in [4.78, 5) is 11.0. The summed E-state index contributed by atoms with van der Waals surface area (Å²) in [5.74, 6) is -0.285. The van der Waals surface area contributed by atoms with E-state index in [1.165, 1.54) is 0 Å². The third-order valence-corrected chi connectivity index (χ3v) is 2.77. The number of carbonyl (C=O) groups is 1. The standard InChI is InChI=1S/C10H14N2O3/c1-6-8(10(13)14)9(15-12-6)7-3-2-4-11-5-7/h7,11H,2-5H2,1H3,(H,13,14). The summed E-state index contributed by atoms with van der Waals surface area (Å²) in [6.45, 7) is 3.42. The maximum atomic E-state index is 11.0. The lowest BCUT2D eigenvalue weighted by atomic mass is 9.94. The minimum atomic E-state index is -0.950. The highest BCUT2D eigenvalue weighted by Crippen LogP contribution is 2.27. The highest BCUT2D eigenvalue weighted by Gasteiger charge is 2.27. The van der Waals surface area contributed by atoms with E-state index < -0.39 is 5.97 Å². The third-order valence-electron chi connectivity index (χ3n) is 2.77. The van der Waals surface area contributed by atoms with Crippen molar-refractivity contribution in [1.29, 1.82) is 0 Å². The molecule has 2 rings (SSSR count). The first-order chi connectivity index (χ1) is 7.20. The Labute approximate surface area is 87.5 Å². The van der Waals surface area contributed by atoms with Gasteiger partial charge in [-0.15, -0.1) is 0 Å². The van der Waals surface area contributed by atoms with Crippen LogP contribution < -0.4 is 5.32 Å². The molecule has 0 amide bonds. The van der Waals surface area contributed by atoms with E-state index in [0.29, 0.717) is 11.5 Å². The molecule has 1 atom stereocenters. The lowest BCUT2D eigenvalue weighted by molar-refractivity contribution is 0.0692. The molecule has 5 nitrogen and oxygen atoms in total. The van der Waals surface area contributed by atoms with Gasteiger partial charge in [0.15, 0.2) is 5.76 Å². The maximum absolute atomic E-state index is 11.0. The molecule has 0 aromatic carbocycles. The van der Waals surface area contributed by atoms with Gasteiger partial charge in [-0.05, 0) is 26.3 Å². The minimum absolute atomic E-state index is 0.144. The van der Waals surface area contributed by atoms with Crippen LogP contribution in [0.5, 0.6) is 0 Å². The van der Waals surface area contributed by atoms with Crippen LogP contribution in [-0.4, -0.2) is 29.3 Å². The molecule has 0 spiro atoms. The topological polar surface area (TPSA) is 75.4 Å². The molecular weight excluding hydrogens is 196 g/mol. The van der Waals surface area contributed by atoms with Crippen LogP contribution in [0.3, 0.4) is 0 Å². The molecule has 0 radical (unpaired) electrons. The Morgan fingerprint density at radius 1 is 1.67 bits per heavy atom. The van der Waals surface area contributed by atoms with Gasteiger partial charge in [0.2, 0.25) is 0 Å². The monoisotopic (exact) mass is 210 g/mol. The second kappa shape index (κ2) is 4.02. The molecule has 1 unspecified atom stereocenters. The molecule has 15 heavy (non-hydrogen) atoms. The summed E-state index contributed by atoms with van der Waals surface area (Å²) < 4.78 is 5.13. The van der Waals surface area contributed by atoms with E-state index in [1.807, 2.05) is 0 Å². The fourth-order valence-corrected chi connectivity index (χ4v) is 2.00. The molecule has 1 aliphatic rings. The van der Waals surface area contributed by atoms with E-state index in [0.717, 1.165) is 25.9 Å². The number of hydrogen-bond acceptors (Lipinski definition) is 4. The molecule has 0 saturated carbocycles. The van der Waals surface area contributed by atoms with Crippen molar-refractivity contribution in [3.63, 3.8) is 0 Å². The van der Waals surface area contributed by atoms with E-state index in [2.05, 4.69) is 10.5 Å². The minimum Gasteiger partial charge on any atom is -0.477 e. The van der Waals surface area contributed by atoms with Crippen LogP contribution in [-0.2, 0) is 0 Å². The average molecular weight is 210 g/mol. The Bertz CT molecular complexity index is 367. The zero-order valence-electron chi connectivity index (χ0n) is 8.62. The number of carboxylic acids is 1. The van der Waals surface area contributed by atoms with Crippen molar-refractivity contribution in [3.8, 4) is 0 Å². The van der Waals surface area contributed by atoms with Crippen LogP contribution in [0, 0.1) is 6.92 Å². The smallest absolute Gasteiger partial charge is 0.341 e. The Morgan fingerprint density at radius 2 is 2.47 bits per heavy atom. The first kappa shape index (κ1) is 10.2. The van der Waals surface area contributed by atoms with Crippen LogP contribution in [0.15, 0.2) is 4.52 Å². The van der Waals surface area contributed by atoms with Crippen molar-refractivity contribution in [1.82, 2.24) is 10.5 Å². The summed E-state index contributed by atoms with van der Waals surface area (Å²) in [6.07, 6.45) is 2.01. The molecule has 1 aromatic heterocycles. The van der Waals surface area contributed by atoms with Crippen molar-refractivity contribution >= 4 is 5.97 Å². The van der Waals surface area contributed by atoms with Gasteiger partial charge in [-0.1, -0.05) is 5.16 Å². The Balaban J connectivity index is 2.30. The van der Waals surface area contributed by atoms with Gasteiger partial charge in [-0.2, -0.15) is 0 Å². The van der Waals surface area contributed by atoms with E-state index in [1.54, 1.807) is 6.92 Å². The molecule has 82 valence electrons. The lowest BCUT2D eigenvalue weighted by Crippen LogP contribution is -2.29. The van der Waals surface area contributed by atoms with Gasteiger partial charge in [0.05, 0.1) is 5.69 Å². The zero-order valence-corrected chi connectivity index (χ0v) is 8.62. The van der Waals surface area contributed by atoms with E-state index in [-0.39, 0.29) is 11.5 Å². The highest BCUT2D eigenvalue weighted by molar-refractivity contribution is 5.90. The van der Waals surface area contributed by atoms with Crippen molar-refractivity contribution in [3.05, 3.63) is 17.0 Å². The summed E-state index contributed by atoms with van der Waals surface area (Å²) in [5, 5.41) is 16.0.